The molecule has 0 bridgehead atoms. The summed E-state index contributed by atoms with van der Waals surface area (Å²) in [6.45, 7) is 12.2. The van der Waals surface area contributed by atoms with E-state index < -0.39 is 6.10 Å². The summed E-state index contributed by atoms with van der Waals surface area (Å²) in [5.74, 6) is 0.127. The number of rotatable bonds is 5. The molecule has 2 atom stereocenters. The molecule has 1 N–H and O–H groups in total. The number of aliphatic hydroxyl groups excluding tert-OH is 1. The smallest absolute Gasteiger partial charge is 0.228 e. The Morgan fingerprint density at radius 1 is 1.45 bits per heavy atom. The summed E-state index contributed by atoms with van der Waals surface area (Å²) in [7, 11) is 0. The number of hydrogen-bond donors (Lipinski definition) is 1. The Kier molecular flexibility index (Phi) is 5.75. The SMILES string of the molecule is C=C/C=C\C=C(/C)[C@@H]1[C@H](O)CCN1C(=O)C(C)(C)CC. The van der Waals surface area contributed by atoms with Crippen molar-refractivity contribution in [1.82, 2.24) is 4.90 Å². The van der Waals surface area contributed by atoms with Gasteiger partial charge in [0.2, 0.25) is 5.91 Å². The molecule has 0 spiro atoms. The summed E-state index contributed by atoms with van der Waals surface area (Å²) in [5.41, 5.74) is 0.632. The van der Waals surface area contributed by atoms with Crippen molar-refractivity contribution in [1.29, 1.82) is 0 Å². The van der Waals surface area contributed by atoms with Gasteiger partial charge in [0.05, 0.1) is 12.1 Å². The van der Waals surface area contributed by atoms with Gasteiger partial charge in [0.1, 0.15) is 0 Å². The van der Waals surface area contributed by atoms with Crippen LogP contribution in [0.25, 0.3) is 0 Å². The number of amides is 1. The lowest BCUT2D eigenvalue weighted by Crippen LogP contribution is -2.46. The summed E-state index contributed by atoms with van der Waals surface area (Å²) >= 11 is 0. The molecule has 0 radical (unpaired) electrons. The maximum atomic E-state index is 12.6. The normalized spacial score (nSPS) is 24.4. The fourth-order valence-electron chi connectivity index (χ4n) is 2.48. The minimum atomic E-state index is -0.472. The van der Waals surface area contributed by atoms with E-state index in [2.05, 4.69) is 6.58 Å². The molecule has 1 fully saturated rings. The van der Waals surface area contributed by atoms with Gasteiger partial charge in [-0.3, -0.25) is 4.79 Å². The Hall–Kier alpha value is -1.35. The van der Waals surface area contributed by atoms with Gasteiger partial charge in [-0.1, -0.05) is 51.7 Å². The van der Waals surface area contributed by atoms with Crippen molar-refractivity contribution < 1.29 is 9.90 Å². The molecule has 1 heterocycles. The molecule has 0 unspecified atom stereocenters. The quantitative estimate of drug-likeness (QED) is 0.785. The van der Waals surface area contributed by atoms with Gasteiger partial charge in [0.25, 0.3) is 0 Å². The molecule has 112 valence electrons. The molecule has 20 heavy (non-hydrogen) atoms. The molecule has 0 aromatic carbocycles. The molecule has 3 nitrogen and oxygen atoms in total. The first-order valence-corrected chi connectivity index (χ1v) is 7.30. The van der Waals surface area contributed by atoms with Gasteiger partial charge in [0, 0.05) is 12.0 Å². The fraction of sp³-hybridized carbons (Fsp3) is 0.588. The second-order valence-electron chi connectivity index (χ2n) is 6.07. The van der Waals surface area contributed by atoms with Crippen LogP contribution in [0.1, 0.15) is 40.5 Å². The van der Waals surface area contributed by atoms with Crippen molar-refractivity contribution in [3.8, 4) is 0 Å². The highest BCUT2D eigenvalue weighted by Crippen LogP contribution is 2.31. The first-order chi connectivity index (χ1) is 9.35. The molecule has 1 aliphatic heterocycles. The van der Waals surface area contributed by atoms with Gasteiger partial charge < -0.3 is 10.0 Å². The number of aliphatic hydroxyl groups is 1. The van der Waals surface area contributed by atoms with Crippen molar-refractivity contribution in [3.63, 3.8) is 0 Å². The van der Waals surface area contributed by atoms with Gasteiger partial charge in [-0.05, 0) is 25.3 Å². The topological polar surface area (TPSA) is 40.5 Å². The van der Waals surface area contributed by atoms with E-state index in [0.717, 1.165) is 12.0 Å². The predicted molar refractivity (Wildman–Crippen MR) is 83.3 cm³/mol. The lowest BCUT2D eigenvalue weighted by atomic mass is 9.88. The number of hydrogen-bond acceptors (Lipinski definition) is 2. The van der Waals surface area contributed by atoms with Crippen molar-refractivity contribution in [3.05, 3.63) is 36.5 Å². The highest BCUT2D eigenvalue weighted by atomic mass is 16.3. The average Bonchev–Trinajstić information content (AvgIpc) is 2.79. The molecule has 0 aromatic heterocycles. The van der Waals surface area contributed by atoms with Gasteiger partial charge in [-0.25, -0.2) is 0 Å². The highest BCUT2D eigenvalue weighted by Gasteiger charge is 2.41. The second kappa shape index (κ2) is 6.89. The van der Waals surface area contributed by atoms with Crippen LogP contribution in [0.4, 0.5) is 0 Å². The van der Waals surface area contributed by atoms with Gasteiger partial charge in [0.15, 0.2) is 0 Å². The van der Waals surface area contributed by atoms with Crippen molar-refractivity contribution in [2.45, 2.75) is 52.7 Å². The molecule has 0 saturated carbocycles. The van der Waals surface area contributed by atoms with E-state index in [1.54, 1.807) is 6.08 Å². The standard InChI is InChI=1S/C17H27NO2/c1-6-8-9-10-13(3)15-14(19)11-12-18(15)16(20)17(4,5)7-2/h6,8-10,14-15,19H,1,7,11-12H2,2-5H3/b9-8-,13-10+/t14-,15-/m1/s1. The minimum absolute atomic E-state index is 0.127. The number of allylic oxidation sites excluding steroid dienone is 4. The molecule has 1 rings (SSSR count). The van der Waals surface area contributed by atoms with Crippen LogP contribution in [0.3, 0.4) is 0 Å². The average molecular weight is 277 g/mol. The Morgan fingerprint density at radius 2 is 2.10 bits per heavy atom. The summed E-state index contributed by atoms with van der Waals surface area (Å²) < 4.78 is 0. The second-order valence-corrected chi connectivity index (χ2v) is 6.07. The van der Waals surface area contributed by atoms with Crippen molar-refractivity contribution in [2.24, 2.45) is 5.41 Å². The van der Waals surface area contributed by atoms with E-state index >= 15 is 0 Å². The van der Waals surface area contributed by atoms with Crippen LogP contribution in [-0.4, -0.2) is 34.6 Å². The third-order valence-corrected chi connectivity index (χ3v) is 4.16. The summed E-state index contributed by atoms with van der Waals surface area (Å²) in [4.78, 5) is 14.5. The van der Waals surface area contributed by atoms with Crippen LogP contribution in [0, 0.1) is 5.41 Å². The van der Waals surface area contributed by atoms with Crippen molar-refractivity contribution in [2.75, 3.05) is 6.54 Å². The van der Waals surface area contributed by atoms with Crippen LogP contribution in [0.15, 0.2) is 36.5 Å². The van der Waals surface area contributed by atoms with E-state index in [0.29, 0.717) is 13.0 Å². The van der Waals surface area contributed by atoms with Crippen LogP contribution in [0.5, 0.6) is 0 Å². The number of nitrogens with zero attached hydrogens (tertiary/aromatic N) is 1. The lowest BCUT2D eigenvalue weighted by molar-refractivity contribution is -0.141. The van der Waals surface area contributed by atoms with E-state index in [1.165, 1.54) is 0 Å². The number of carbonyl (C=O) groups is 1. The Morgan fingerprint density at radius 3 is 2.65 bits per heavy atom. The van der Waals surface area contributed by atoms with Gasteiger partial charge in [-0.15, -0.1) is 0 Å². The maximum Gasteiger partial charge on any atom is 0.228 e. The summed E-state index contributed by atoms with van der Waals surface area (Å²) in [6, 6.07) is -0.206. The zero-order valence-corrected chi connectivity index (χ0v) is 13.1. The zero-order chi connectivity index (χ0) is 15.3. The summed E-state index contributed by atoms with van der Waals surface area (Å²) in [6.07, 6.45) is 8.35. The maximum absolute atomic E-state index is 12.6. The molecule has 3 heteroatoms. The van der Waals surface area contributed by atoms with E-state index in [1.807, 2.05) is 50.8 Å². The lowest BCUT2D eigenvalue weighted by Gasteiger charge is -2.33. The third kappa shape index (κ3) is 3.60. The largest absolute Gasteiger partial charge is 0.391 e. The highest BCUT2D eigenvalue weighted by molar-refractivity contribution is 5.83. The molecule has 0 aromatic rings. The summed E-state index contributed by atoms with van der Waals surface area (Å²) in [5, 5.41) is 10.2. The Bertz CT molecular complexity index is 421. The minimum Gasteiger partial charge on any atom is -0.391 e. The van der Waals surface area contributed by atoms with Crippen LogP contribution in [-0.2, 0) is 4.79 Å². The van der Waals surface area contributed by atoms with E-state index in [9.17, 15) is 9.90 Å². The molecule has 1 amide bonds. The Balaban J connectivity index is 2.97. The van der Waals surface area contributed by atoms with E-state index in [4.69, 9.17) is 0 Å². The first kappa shape index (κ1) is 16.7. The van der Waals surface area contributed by atoms with E-state index in [-0.39, 0.29) is 17.4 Å². The predicted octanol–water partition coefficient (Wildman–Crippen LogP) is 3.07. The third-order valence-electron chi connectivity index (χ3n) is 4.16. The molecule has 1 saturated heterocycles. The van der Waals surface area contributed by atoms with Gasteiger partial charge >= 0.3 is 0 Å². The van der Waals surface area contributed by atoms with Crippen LogP contribution < -0.4 is 0 Å². The number of likely N-dealkylation sites (tertiary alicyclic amines) is 1. The van der Waals surface area contributed by atoms with Gasteiger partial charge in [-0.2, -0.15) is 0 Å². The Labute approximate surface area is 122 Å². The molecule has 1 aliphatic rings. The molecule has 0 aliphatic carbocycles. The fourth-order valence-corrected chi connectivity index (χ4v) is 2.48. The van der Waals surface area contributed by atoms with Crippen molar-refractivity contribution >= 4 is 5.91 Å². The molecular formula is C17H27NO2. The van der Waals surface area contributed by atoms with Crippen LogP contribution >= 0.6 is 0 Å². The number of carbonyl (C=O) groups excluding carboxylic acids is 1. The zero-order valence-electron chi connectivity index (χ0n) is 13.1. The van der Waals surface area contributed by atoms with Crippen LogP contribution in [0.2, 0.25) is 0 Å². The monoisotopic (exact) mass is 277 g/mol. The first-order valence-electron chi connectivity index (χ1n) is 7.30. The molecular weight excluding hydrogens is 250 g/mol.